The first-order chi connectivity index (χ1) is 12.3. The number of hydrogen-bond donors (Lipinski definition) is 2. The zero-order valence-electron chi connectivity index (χ0n) is 16.1. The van der Waals surface area contributed by atoms with Gasteiger partial charge in [-0.2, -0.15) is 0 Å². The number of rotatable bonds is 10. The summed E-state index contributed by atoms with van der Waals surface area (Å²) in [6, 6.07) is 8.24. The summed E-state index contributed by atoms with van der Waals surface area (Å²) in [7, 11) is 1.80. The lowest BCUT2D eigenvalue weighted by Gasteiger charge is -2.13. The average Bonchev–Trinajstić information content (AvgIpc) is 2.95. The topological polar surface area (TPSA) is 63.5 Å². The fraction of sp³-hybridized carbons (Fsp3) is 0.579. The van der Waals surface area contributed by atoms with E-state index in [9.17, 15) is 0 Å². The fourth-order valence-corrected chi connectivity index (χ4v) is 2.71. The molecule has 0 saturated carbocycles. The third-order valence-corrected chi connectivity index (χ3v) is 4.10. The van der Waals surface area contributed by atoms with E-state index in [0.717, 1.165) is 63.0 Å². The van der Waals surface area contributed by atoms with Crippen molar-refractivity contribution < 1.29 is 4.74 Å². The molecule has 0 aliphatic carbocycles. The molecule has 0 amide bonds. The number of nitrogens with one attached hydrogen (secondary N) is 2. The Kier molecular flexibility index (Phi) is 11.3. The predicted molar refractivity (Wildman–Crippen MR) is 120 cm³/mol. The Balaban J connectivity index is 0.00000338. The van der Waals surface area contributed by atoms with E-state index >= 15 is 0 Å². The molecule has 26 heavy (non-hydrogen) atoms. The minimum absolute atomic E-state index is 0. The molecule has 2 aromatic rings. The Morgan fingerprint density at radius 3 is 2.65 bits per heavy atom. The number of hydrogen-bond acceptors (Lipinski definition) is 3. The predicted octanol–water partition coefficient (Wildman–Crippen LogP) is 3.33. The molecule has 0 bridgehead atoms. The van der Waals surface area contributed by atoms with Crippen LogP contribution in [0.15, 0.2) is 29.3 Å². The van der Waals surface area contributed by atoms with Crippen molar-refractivity contribution in [1.82, 2.24) is 20.2 Å². The molecule has 1 heterocycles. The molecule has 146 valence electrons. The molecule has 1 aromatic heterocycles. The number of unbranched alkanes of at least 4 members (excludes halogenated alkanes) is 1. The van der Waals surface area contributed by atoms with Crippen LogP contribution in [0.5, 0.6) is 0 Å². The molecule has 0 spiro atoms. The average molecular weight is 473 g/mol. The second-order valence-electron chi connectivity index (χ2n) is 6.04. The molecular weight excluding hydrogens is 441 g/mol. The first-order valence-electron chi connectivity index (χ1n) is 9.20. The standard InChI is InChI=1S/C19H31N5O.HI/c1-4-5-14-25-15-8-11-21-19(20-3)22-12-13-24-16(2)23-17-9-6-7-10-18(17)24;/h6-7,9-10H,4-5,8,11-15H2,1-3H3,(H2,20,21,22);1H. The maximum atomic E-state index is 5.56. The number of nitrogens with zero attached hydrogens (tertiary/aromatic N) is 3. The molecule has 1 aromatic carbocycles. The summed E-state index contributed by atoms with van der Waals surface area (Å²) in [6.45, 7) is 8.39. The van der Waals surface area contributed by atoms with E-state index in [0.29, 0.717) is 0 Å². The molecule has 0 unspecified atom stereocenters. The number of ether oxygens (including phenoxy) is 1. The van der Waals surface area contributed by atoms with Crippen molar-refractivity contribution in [3.63, 3.8) is 0 Å². The lowest BCUT2D eigenvalue weighted by molar-refractivity contribution is 0.129. The summed E-state index contributed by atoms with van der Waals surface area (Å²) in [5.41, 5.74) is 2.22. The van der Waals surface area contributed by atoms with E-state index in [1.165, 1.54) is 11.9 Å². The van der Waals surface area contributed by atoms with Gasteiger partial charge in [0.2, 0.25) is 0 Å². The van der Waals surface area contributed by atoms with E-state index < -0.39 is 0 Å². The maximum Gasteiger partial charge on any atom is 0.191 e. The van der Waals surface area contributed by atoms with Gasteiger partial charge in [-0.15, -0.1) is 24.0 Å². The highest BCUT2D eigenvalue weighted by Gasteiger charge is 2.06. The quantitative estimate of drug-likeness (QED) is 0.241. The van der Waals surface area contributed by atoms with Crippen LogP contribution in [-0.2, 0) is 11.3 Å². The summed E-state index contributed by atoms with van der Waals surface area (Å²) in [5.74, 6) is 1.87. The number of halogens is 1. The van der Waals surface area contributed by atoms with Gasteiger partial charge in [-0.05, 0) is 31.9 Å². The van der Waals surface area contributed by atoms with Crippen molar-refractivity contribution in [2.24, 2.45) is 4.99 Å². The number of benzene rings is 1. The first-order valence-corrected chi connectivity index (χ1v) is 9.20. The molecule has 0 aliphatic heterocycles. The van der Waals surface area contributed by atoms with Gasteiger partial charge in [0.15, 0.2) is 5.96 Å². The van der Waals surface area contributed by atoms with Crippen molar-refractivity contribution in [3.8, 4) is 0 Å². The Labute approximate surface area is 173 Å². The van der Waals surface area contributed by atoms with Crippen LogP contribution >= 0.6 is 24.0 Å². The van der Waals surface area contributed by atoms with Crippen LogP contribution in [0.1, 0.15) is 32.0 Å². The van der Waals surface area contributed by atoms with Crippen molar-refractivity contribution in [3.05, 3.63) is 30.1 Å². The van der Waals surface area contributed by atoms with Crippen LogP contribution in [0, 0.1) is 6.92 Å². The van der Waals surface area contributed by atoms with Gasteiger partial charge < -0.3 is 19.9 Å². The van der Waals surface area contributed by atoms with Crippen LogP contribution in [-0.4, -0.2) is 48.9 Å². The number of para-hydroxylation sites is 2. The Bertz CT molecular complexity index is 671. The molecule has 6 nitrogen and oxygen atoms in total. The molecular formula is C19H32IN5O. The minimum atomic E-state index is 0. The van der Waals surface area contributed by atoms with Crippen molar-refractivity contribution in [2.45, 2.75) is 39.7 Å². The van der Waals surface area contributed by atoms with E-state index in [1.54, 1.807) is 7.05 Å². The molecule has 2 rings (SSSR count). The van der Waals surface area contributed by atoms with Crippen LogP contribution in [0.25, 0.3) is 11.0 Å². The zero-order valence-corrected chi connectivity index (χ0v) is 18.5. The number of aromatic nitrogens is 2. The van der Waals surface area contributed by atoms with E-state index in [2.05, 4.69) is 50.3 Å². The summed E-state index contributed by atoms with van der Waals surface area (Å²) >= 11 is 0. The van der Waals surface area contributed by atoms with Gasteiger partial charge in [0.1, 0.15) is 5.82 Å². The molecule has 2 N–H and O–H groups in total. The smallest absolute Gasteiger partial charge is 0.191 e. The van der Waals surface area contributed by atoms with Crippen molar-refractivity contribution >= 4 is 41.0 Å². The highest BCUT2D eigenvalue weighted by Crippen LogP contribution is 2.14. The number of aryl methyl sites for hydroxylation is 1. The lowest BCUT2D eigenvalue weighted by atomic mass is 10.3. The normalized spacial score (nSPS) is 11.4. The Hall–Kier alpha value is -1.35. The second kappa shape index (κ2) is 12.9. The van der Waals surface area contributed by atoms with Crippen LogP contribution in [0.3, 0.4) is 0 Å². The van der Waals surface area contributed by atoms with E-state index in [1.807, 2.05) is 13.0 Å². The summed E-state index contributed by atoms with van der Waals surface area (Å²) in [4.78, 5) is 8.87. The number of fused-ring (bicyclic) bond motifs is 1. The molecule has 0 fully saturated rings. The summed E-state index contributed by atoms with van der Waals surface area (Å²) in [6.07, 6.45) is 3.30. The lowest BCUT2D eigenvalue weighted by Crippen LogP contribution is -2.39. The highest BCUT2D eigenvalue weighted by molar-refractivity contribution is 14.0. The largest absolute Gasteiger partial charge is 0.381 e. The molecule has 0 aliphatic rings. The molecule has 0 saturated heterocycles. The van der Waals surface area contributed by atoms with Crippen LogP contribution < -0.4 is 10.6 Å². The summed E-state index contributed by atoms with van der Waals surface area (Å²) in [5, 5.41) is 6.69. The third-order valence-electron chi connectivity index (χ3n) is 4.10. The Morgan fingerprint density at radius 2 is 1.88 bits per heavy atom. The molecule has 7 heteroatoms. The van der Waals surface area contributed by atoms with Gasteiger partial charge >= 0.3 is 0 Å². The minimum Gasteiger partial charge on any atom is -0.381 e. The van der Waals surface area contributed by atoms with Crippen molar-refractivity contribution in [2.75, 3.05) is 33.4 Å². The van der Waals surface area contributed by atoms with Gasteiger partial charge in [0.05, 0.1) is 11.0 Å². The van der Waals surface area contributed by atoms with E-state index in [-0.39, 0.29) is 24.0 Å². The van der Waals surface area contributed by atoms with Gasteiger partial charge in [0, 0.05) is 39.9 Å². The van der Waals surface area contributed by atoms with Crippen LogP contribution in [0.4, 0.5) is 0 Å². The van der Waals surface area contributed by atoms with Gasteiger partial charge in [-0.25, -0.2) is 4.98 Å². The summed E-state index contributed by atoms with van der Waals surface area (Å²) < 4.78 is 7.80. The molecule has 0 radical (unpaired) electrons. The number of aliphatic imine (C=N–C) groups is 1. The first kappa shape index (κ1) is 22.7. The number of imidazole rings is 1. The third kappa shape index (κ3) is 7.11. The van der Waals surface area contributed by atoms with Gasteiger partial charge in [0.25, 0.3) is 0 Å². The van der Waals surface area contributed by atoms with Gasteiger partial charge in [-0.1, -0.05) is 25.5 Å². The fourth-order valence-electron chi connectivity index (χ4n) is 2.71. The molecule has 0 atom stereocenters. The van der Waals surface area contributed by atoms with Gasteiger partial charge in [-0.3, -0.25) is 4.99 Å². The van der Waals surface area contributed by atoms with Crippen LogP contribution in [0.2, 0.25) is 0 Å². The monoisotopic (exact) mass is 473 g/mol. The highest BCUT2D eigenvalue weighted by atomic mass is 127. The maximum absolute atomic E-state index is 5.56. The zero-order chi connectivity index (χ0) is 17.9. The Morgan fingerprint density at radius 1 is 1.15 bits per heavy atom. The van der Waals surface area contributed by atoms with Crippen molar-refractivity contribution in [1.29, 1.82) is 0 Å². The second-order valence-corrected chi connectivity index (χ2v) is 6.04. The number of guanidine groups is 1. The van der Waals surface area contributed by atoms with E-state index in [4.69, 9.17) is 4.74 Å². The SMILES string of the molecule is CCCCOCCCNC(=NC)NCCn1c(C)nc2ccccc21.I.